The van der Waals surface area contributed by atoms with Crippen LogP contribution in [0.15, 0.2) is 227 Å². The van der Waals surface area contributed by atoms with E-state index < -0.39 is 0 Å². The van der Waals surface area contributed by atoms with Gasteiger partial charge in [0, 0.05) is 71.2 Å². The second-order valence-corrected chi connectivity index (χ2v) is 33.4. The number of anilines is 3. The zero-order chi connectivity index (χ0) is 70.2. The van der Waals surface area contributed by atoms with E-state index in [9.17, 15) is 0 Å². The van der Waals surface area contributed by atoms with E-state index in [1.807, 2.05) is 0 Å². The highest BCUT2D eigenvalue weighted by Gasteiger charge is 2.46. The predicted molar refractivity (Wildman–Crippen MR) is 435 cm³/mol. The highest BCUT2D eigenvalue weighted by molar-refractivity contribution is 6.19. The van der Waals surface area contributed by atoms with Crippen LogP contribution in [0.2, 0.25) is 0 Å². The monoisotopic (exact) mass is 1340 g/mol. The number of aryl methyl sites for hydroxylation is 1. The first-order valence-corrected chi connectivity index (χ1v) is 38.8. The van der Waals surface area contributed by atoms with Gasteiger partial charge in [-0.2, -0.15) is 0 Å². The Labute approximate surface area is 608 Å². The Kier molecular flexibility index (Phi) is 14.4. The van der Waals surface area contributed by atoms with Crippen molar-refractivity contribution < 1.29 is 8.83 Å². The molecule has 0 bridgehead atoms. The van der Waals surface area contributed by atoms with E-state index in [1.165, 1.54) is 221 Å². The summed E-state index contributed by atoms with van der Waals surface area (Å²) in [5.74, 6) is 0. The molecule has 14 aromatic rings. The molecule has 3 heteroatoms. The van der Waals surface area contributed by atoms with Crippen molar-refractivity contribution in [3.05, 3.63) is 280 Å². The van der Waals surface area contributed by atoms with Crippen molar-refractivity contribution in [2.24, 2.45) is 0 Å². The molecule has 0 radical (unpaired) electrons. The Morgan fingerprint density at radius 2 is 0.757 bits per heavy atom. The molecule has 5 aliphatic carbocycles. The van der Waals surface area contributed by atoms with Gasteiger partial charge in [-0.1, -0.05) is 267 Å². The van der Waals surface area contributed by atoms with Gasteiger partial charge >= 0.3 is 0 Å². The first-order valence-electron chi connectivity index (χ1n) is 38.8. The minimum atomic E-state index is -0.367. The van der Waals surface area contributed by atoms with Gasteiger partial charge in [-0.25, -0.2) is 0 Å². The molecule has 0 unspecified atom stereocenters. The zero-order valence-electron chi connectivity index (χ0n) is 62.0. The van der Waals surface area contributed by atoms with Gasteiger partial charge in [-0.3, -0.25) is 0 Å². The van der Waals surface area contributed by atoms with Crippen LogP contribution >= 0.6 is 0 Å². The molecular weight excluding hydrogens is 1250 g/mol. The molecule has 0 atom stereocenters. The summed E-state index contributed by atoms with van der Waals surface area (Å²) in [7, 11) is 0. The molecule has 0 aliphatic heterocycles. The van der Waals surface area contributed by atoms with Crippen LogP contribution in [0, 0.1) is 6.92 Å². The quantitative estimate of drug-likeness (QED) is 0.0851. The Bertz CT molecular complexity index is 5870. The molecule has 103 heavy (non-hydrogen) atoms. The average molecular weight is 1340 g/mol. The third kappa shape index (κ3) is 9.25. The largest absolute Gasteiger partial charge is 0.456 e. The maximum absolute atomic E-state index is 7.22. The van der Waals surface area contributed by atoms with Crippen LogP contribution in [0.25, 0.3) is 122 Å². The predicted octanol–water partition coefficient (Wildman–Crippen LogP) is 28.8. The van der Waals surface area contributed by atoms with Crippen molar-refractivity contribution in [3.8, 4) is 77.9 Å². The second-order valence-electron chi connectivity index (χ2n) is 33.4. The maximum Gasteiger partial charge on any atom is 0.143 e. The van der Waals surface area contributed by atoms with E-state index in [0.29, 0.717) is 0 Å². The van der Waals surface area contributed by atoms with E-state index in [4.69, 9.17) is 8.83 Å². The molecule has 5 aliphatic rings. The fraction of sp³-hybridized carbons (Fsp3) is 0.280. The van der Waals surface area contributed by atoms with E-state index >= 15 is 0 Å². The van der Waals surface area contributed by atoms with Crippen molar-refractivity contribution in [2.75, 3.05) is 4.90 Å². The molecule has 3 nitrogen and oxygen atoms in total. The van der Waals surface area contributed by atoms with Crippen molar-refractivity contribution in [1.29, 1.82) is 0 Å². The molecule has 0 saturated carbocycles. The standard InChI is InChI=1S/C100H93NO2/c1-12-14-16-18-28-50-100(51-29-19-17-15-13-2)77-34-24-21-31-66(77)69-44-39-62(53-85(69)100)61-38-43-67-68-45-40-63(54-80(68)97(6,7)79(67)52-61)74-57-86-91(94-73-33-23-27-37-89(73)103-95(74)94)71-47-42-65(56-82(71)99(86,10)11)101(87-35-25-20-30-60(87)3)64-41-46-70-75-58-84-76(59-83(75)98(8,9)81(70)55-64)92-78(96(84,4)5)48-49-90-93(92)72-32-22-26-36-88(72)102-90/h20-27,30-49,52-59H,12-19,28-29,50-51H2,1-11H3. The Balaban J connectivity index is 0.681. The average Bonchev–Trinajstić information content (AvgIpc) is 1.54. The number of rotatable bonds is 17. The molecular formula is C100H93NO2. The molecule has 0 amide bonds. The van der Waals surface area contributed by atoms with E-state index in [0.717, 1.165) is 44.7 Å². The molecule has 0 fully saturated rings. The van der Waals surface area contributed by atoms with Gasteiger partial charge in [0.05, 0.1) is 0 Å². The number of unbranched alkanes of at least 4 members (excludes halogenated alkanes) is 8. The summed E-state index contributed by atoms with van der Waals surface area (Å²) in [5.41, 5.74) is 39.8. The molecule has 0 spiro atoms. The molecule has 510 valence electrons. The SMILES string of the molecule is CCCCCCCC1(CCCCCCC)c2ccccc2-c2ccc(-c3ccc4c(c3)C(C)(C)c3cc(-c5cc6c(c7c5oc5ccccc57)-c5ccc(N(c7ccc8c(c7)C(C)(C)c7cc9c(cc7-8)C(C)(C)c7ccc8oc%10ccccc%10c8c7-9)c7ccccc7C)cc5C6(C)C)ccc3-4)cc21. The van der Waals surface area contributed by atoms with Crippen LogP contribution in [0.4, 0.5) is 17.1 Å². The fourth-order valence-corrected chi connectivity index (χ4v) is 20.5. The molecule has 0 saturated heterocycles. The van der Waals surface area contributed by atoms with Crippen LogP contribution in [-0.4, -0.2) is 0 Å². The normalized spacial score (nSPS) is 15.8. The molecule has 0 N–H and O–H groups in total. The molecule has 12 aromatic carbocycles. The van der Waals surface area contributed by atoms with Crippen molar-refractivity contribution in [3.63, 3.8) is 0 Å². The molecule has 2 aromatic heterocycles. The minimum absolute atomic E-state index is 0.0348. The zero-order valence-corrected chi connectivity index (χ0v) is 62.0. The van der Waals surface area contributed by atoms with E-state index in [1.54, 1.807) is 11.1 Å². The summed E-state index contributed by atoms with van der Waals surface area (Å²) in [6.45, 7) is 26.4. The van der Waals surface area contributed by atoms with E-state index in [-0.39, 0.29) is 27.1 Å². The lowest BCUT2D eigenvalue weighted by Crippen LogP contribution is -2.25. The number of nitrogens with zero attached hydrogens (tertiary/aromatic N) is 1. The Morgan fingerprint density at radius 1 is 0.301 bits per heavy atom. The van der Waals surface area contributed by atoms with Gasteiger partial charge in [0.25, 0.3) is 0 Å². The van der Waals surface area contributed by atoms with Crippen LogP contribution in [0.3, 0.4) is 0 Å². The second kappa shape index (κ2) is 23.3. The Hall–Kier alpha value is -9.96. The lowest BCUT2D eigenvalue weighted by molar-refractivity contribution is 0.399. The van der Waals surface area contributed by atoms with Gasteiger partial charge in [-0.15, -0.1) is 0 Å². The van der Waals surface area contributed by atoms with Gasteiger partial charge in [0.1, 0.15) is 22.3 Å². The number of benzene rings is 12. The van der Waals surface area contributed by atoms with Crippen molar-refractivity contribution in [1.82, 2.24) is 0 Å². The summed E-state index contributed by atoms with van der Waals surface area (Å²) >= 11 is 0. The van der Waals surface area contributed by atoms with Crippen LogP contribution in [0.5, 0.6) is 0 Å². The third-order valence-corrected chi connectivity index (χ3v) is 26.1. The lowest BCUT2D eigenvalue weighted by Gasteiger charge is -2.33. The van der Waals surface area contributed by atoms with Gasteiger partial charge in [0.15, 0.2) is 0 Å². The van der Waals surface area contributed by atoms with Crippen molar-refractivity contribution in [2.45, 2.75) is 180 Å². The van der Waals surface area contributed by atoms with Gasteiger partial charge < -0.3 is 13.7 Å². The third-order valence-electron chi connectivity index (χ3n) is 26.1. The minimum Gasteiger partial charge on any atom is -0.456 e. The number of furan rings is 2. The molecule has 2 heterocycles. The number of para-hydroxylation sites is 3. The first-order chi connectivity index (χ1) is 49.9. The lowest BCUT2D eigenvalue weighted by atomic mass is 9.70. The van der Waals surface area contributed by atoms with Crippen LogP contribution < -0.4 is 4.90 Å². The number of hydrogen-bond donors (Lipinski definition) is 0. The van der Waals surface area contributed by atoms with Crippen molar-refractivity contribution >= 4 is 60.9 Å². The first kappa shape index (κ1) is 63.9. The van der Waals surface area contributed by atoms with Crippen LogP contribution in [0.1, 0.15) is 207 Å². The highest BCUT2D eigenvalue weighted by Crippen LogP contribution is 2.62. The maximum atomic E-state index is 7.22. The summed E-state index contributed by atoms with van der Waals surface area (Å²) in [6, 6.07) is 84.6. The summed E-state index contributed by atoms with van der Waals surface area (Å²) in [5, 5.41) is 4.75. The molecule has 19 rings (SSSR count). The number of fused-ring (bicyclic) bond motifs is 23. The van der Waals surface area contributed by atoms with Crippen LogP contribution in [-0.2, 0) is 27.1 Å². The highest BCUT2D eigenvalue weighted by atomic mass is 16.3. The topological polar surface area (TPSA) is 29.5 Å². The summed E-state index contributed by atoms with van der Waals surface area (Å²) in [4.78, 5) is 2.53. The smallest absolute Gasteiger partial charge is 0.143 e. The summed E-state index contributed by atoms with van der Waals surface area (Å²) in [6.07, 6.45) is 15.4. The Morgan fingerprint density at radius 3 is 1.44 bits per heavy atom. The fourth-order valence-electron chi connectivity index (χ4n) is 20.5. The van der Waals surface area contributed by atoms with Gasteiger partial charge in [-0.05, 0) is 238 Å². The van der Waals surface area contributed by atoms with E-state index in [2.05, 4.69) is 299 Å². The van der Waals surface area contributed by atoms with Gasteiger partial charge in [0.2, 0.25) is 0 Å². The summed E-state index contributed by atoms with van der Waals surface area (Å²) < 4.78 is 13.7. The number of hydrogen-bond acceptors (Lipinski definition) is 3.